The summed E-state index contributed by atoms with van der Waals surface area (Å²) >= 11 is 5.78. The number of hydrogen-bond donors (Lipinski definition) is 2. The Morgan fingerprint density at radius 1 is 1.13 bits per heavy atom. The van der Waals surface area contributed by atoms with Crippen molar-refractivity contribution in [3.05, 3.63) is 71.4 Å². The minimum atomic E-state index is -3.63. The van der Waals surface area contributed by atoms with Gasteiger partial charge in [-0.25, -0.2) is 13.4 Å². The zero-order valence-electron chi connectivity index (χ0n) is 16.0. The number of pyridine rings is 1. The molecule has 10 heteroatoms. The molecule has 2 N–H and O–H groups in total. The van der Waals surface area contributed by atoms with Crippen molar-refractivity contribution < 1.29 is 22.7 Å². The number of sulfone groups is 1. The summed E-state index contributed by atoms with van der Waals surface area (Å²) in [6.45, 7) is 0. The van der Waals surface area contributed by atoms with Crippen molar-refractivity contribution in [1.82, 2.24) is 4.98 Å². The van der Waals surface area contributed by atoms with Crippen molar-refractivity contribution in [1.29, 1.82) is 0 Å². The molecule has 1 aromatic heterocycles. The summed E-state index contributed by atoms with van der Waals surface area (Å²) in [5.41, 5.74) is 0.983. The molecule has 158 valence electrons. The van der Waals surface area contributed by atoms with E-state index in [-0.39, 0.29) is 28.5 Å². The molecular weight excluding hydrogens is 442 g/mol. The average Bonchev–Trinajstić information content (AvgIpc) is 2.88. The van der Waals surface area contributed by atoms with E-state index < -0.39 is 21.7 Å². The molecule has 1 aliphatic heterocycles. The zero-order valence-corrected chi connectivity index (χ0v) is 17.5. The second-order valence-electron chi connectivity index (χ2n) is 6.69. The summed E-state index contributed by atoms with van der Waals surface area (Å²) in [7, 11) is -3.63. The molecule has 0 unspecified atom stereocenters. The fourth-order valence-electron chi connectivity index (χ4n) is 2.95. The van der Waals surface area contributed by atoms with E-state index in [4.69, 9.17) is 16.3 Å². The highest BCUT2D eigenvalue weighted by Crippen LogP contribution is 2.34. The van der Waals surface area contributed by atoms with Crippen LogP contribution in [-0.2, 0) is 14.6 Å². The van der Waals surface area contributed by atoms with E-state index in [0.717, 1.165) is 0 Å². The lowest BCUT2D eigenvalue weighted by molar-refractivity contribution is -0.115. The minimum Gasteiger partial charge on any atom is -0.436 e. The van der Waals surface area contributed by atoms with Crippen molar-refractivity contribution in [2.45, 2.75) is 11.3 Å². The second-order valence-corrected chi connectivity index (χ2v) is 9.24. The third-order valence-corrected chi connectivity index (χ3v) is 6.49. The molecule has 0 fully saturated rings. The summed E-state index contributed by atoms with van der Waals surface area (Å²) in [5.74, 6) is -0.728. The van der Waals surface area contributed by atoms with Crippen LogP contribution in [0.15, 0.2) is 65.7 Å². The number of anilines is 2. The van der Waals surface area contributed by atoms with Gasteiger partial charge in [-0.15, -0.1) is 0 Å². The molecule has 31 heavy (non-hydrogen) atoms. The number of hydrogen-bond acceptors (Lipinski definition) is 6. The first kappa shape index (κ1) is 20.8. The van der Waals surface area contributed by atoms with E-state index in [1.807, 2.05) is 0 Å². The van der Waals surface area contributed by atoms with E-state index in [9.17, 15) is 18.0 Å². The Hall–Kier alpha value is -3.43. The van der Waals surface area contributed by atoms with Gasteiger partial charge in [0.25, 0.3) is 5.91 Å². The molecule has 3 aromatic rings. The summed E-state index contributed by atoms with van der Waals surface area (Å²) in [4.78, 5) is 29.0. The number of aromatic nitrogens is 1. The molecule has 0 radical (unpaired) electrons. The molecule has 0 aliphatic carbocycles. The van der Waals surface area contributed by atoms with Crippen LogP contribution < -0.4 is 15.4 Å². The zero-order chi connectivity index (χ0) is 22.0. The summed E-state index contributed by atoms with van der Waals surface area (Å²) in [6, 6.07) is 13.6. The number of carbonyl (C=O) groups excluding carboxylic acids is 2. The van der Waals surface area contributed by atoms with E-state index in [0.29, 0.717) is 22.1 Å². The molecule has 2 heterocycles. The van der Waals surface area contributed by atoms with E-state index in [2.05, 4.69) is 15.6 Å². The first-order valence-electron chi connectivity index (χ1n) is 9.18. The average molecular weight is 458 g/mol. The van der Waals surface area contributed by atoms with Crippen LogP contribution in [0.5, 0.6) is 11.6 Å². The molecule has 2 amide bonds. The quantitative estimate of drug-likeness (QED) is 0.600. The first-order chi connectivity index (χ1) is 14.8. The highest BCUT2D eigenvalue weighted by Gasteiger charge is 2.22. The van der Waals surface area contributed by atoms with Gasteiger partial charge in [0.2, 0.25) is 11.8 Å². The van der Waals surface area contributed by atoms with Gasteiger partial charge in [-0.05, 0) is 54.6 Å². The van der Waals surface area contributed by atoms with Crippen LogP contribution in [0.3, 0.4) is 0 Å². The van der Waals surface area contributed by atoms with Crippen LogP contribution in [0.4, 0.5) is 11.4 Å². The number of benzene rings is 2. The number of nitrogens with zero attached hydrogens (tertiary/aromatic N) is 1. The fraction of sp³-hybridized carbons (Fsp3) is 0.0952. The van der Waals surface area contributed by atoms with Crippen molar-refractivity contribution in [2.24, 2.45) is 0 Å². The van der Waals surface area contributed by atoms with Gasteiger partial charge in [0, 0.05) is 23.3 Å². The van der Waals surface area contributed by atoms with E-state index in [1.165, 1.54) is 30.3 Å². The number of amides is 2. The van der Waals surface area contributed by atoms with Gasteiger partial charge < -0.3 is 15.4 Å². The maximum atomic E-state index is 12.5. The molecule has 0 bridgehead atoms. The number of rotatable bonds is 5. The second kappa shape index (κ2) is 8.37. The van der Waals surface area contributed by atoms with Gasteiger partial charge in [0.15, 0.2) is 9.84 Å². The van der Waals surface area contributed by atoms with Gasteiger partial charge in [0.05, 0.1) is 16.2 Å². The molecule has 0 spiro atoms. The SMILES string of the molecule is O=C(CCS(=O)(=O)c1ccc(Cl)cc1)Nc1ccc2c(c1)C(=O)Nc1cccnc1O2. The van der Waals surface area contributed by atoms with Crippen LogP contribution in [0, 0.1) is 0 Å². The number of fused-ring (bicyclic) bond motifs is 2. The maximum Gasteiger partial charge on any atom is 0.259 e. The van der Waals surface area contributed by atoms with Crippen LogP contribution >= 0.6 is 11.6 Å². The number of ether oxygens (including phenoxy) is 1. The summed E-state index contributed by atoms with van der Waals surface area (Å²) in [5, 5.41) is 5.73. The molecule has 0 saturated heterocycles. The van der Waals surface area contributed by atoms with Crippen molar-refractivity contribution in [3.8, 4) is 11.6 Å². The standard InChI is InChI=1S/C21H16ClN3O5S/c22-13-3-6-15(7-4-13)31(28,29)11-9-19(26)24-14-5-8-18-16(12-14)20(27)25-17-2-1-10-23-21(17)30-18/h1-8,10,12H,9,11H2,(H,24,26)(H,25,27). The molecule has 1 aliphatic rings. The smallest absolute Gasteiger partial charge is 0.259 e. The highest BCUT2D eigenvalue weighted by atomic mass is 35.5. The Morgan fingerprint density at radius 2 is 1.90 bits per heavy atom. The van der Waals surface area contributed by atoms with Crippen LogP contribution in [-0.4, -0.2) is 31.0 Å². The monoisotopic (exact) mass is 457 g/mol. The normalized spacial score (nSPS) is 12.6. The molecule has 8 nitrogen and oxygen atoms in total. The Kier molecular flexibility index (Phi) is 5.62. The highest BCUT2D eigenvalue weighted by molar-refractivity contribution is 7.91. The number of halogens is 1. The summed E-state index contributed by atoms with van der Waals surface area (Å²) < 4.78 is 30.5. The molecule has 0 atom stereocenters. The van der Waals surface area contributed by atoms with Gasteiger partial charge in [-0.2, -0.15) is 0 Å². The van der Waals surface area contributed by atoms with Crippen molar-refractivity contribution in [3.63, 3.8) is 0 Å². The third-order valence-electron chi connectivity index (χ3n) is 4.50. The topological polar surface area (TPSA) is 114 Å². The summed E-state index contributed by atoms with van der Waals surface area (Å²) in [6.07, 6.45) is 1.29. The predicted molar refractivity (Wildman–Crippen MR) is 115 cm³/mol. The van der Waals surface area contributed by atoms with Crippen LogP contribution in [0.1, 0.15) is 16.8 Å². The molecule has 4 rings (SSSR count). The van der Waals surface area contributed by atoms with Gasteiger partial charge in [-0.3, -0.25) is 9.59 Å². The van der Waals surface area contributed by atoms with Gasteiger partial charge in [-0.1, -0.05) is 11.6 Å². The fourth-order valence-corrected chi connectivity index (χ4v) is 4.31. The third kappa shape index (κ3) is 4.68. The van der Waals surface area contributed by atoms with Gasteiger partial charge >= 0.3 is 0 Å². The van der Waals surface area contributed by atoms with E-state index >= 15 is 0 Å². The number of carbonyl (C=O) groups is 2. The maximum absolute atomic E-state index is 12.5. The molecular formula is C21H16ClN3O5S. The molecule has 2 aromatic carbocycles. The van der Waals surface area contributed by atoms with Crippen molar-refractivity contribution in [2.75, 3.05) is 16.4 Å². The Balaban J connectivity index is 1.44. The van der Waals surface area contributed by atoms with Crippen molar-refractivity contribution >= 4 is 44.6 Å². The van der Waals surface area contributed by atoms with Crippen LogP contribution in [0.2, 0.25) is 5.02 Å². The Morgan fingerprint density at radius 3 is 2.68 bits per heavy atom. The van der Waals surface area contributed by atoms with Crippen LogP contribution in [0.25, 0.3) is 0 Å². The Bertz CT molecular complexity index is 1280. The lowest BCUT2D eigenvalue weighted by atomic mass is 10.1. The Labute approximate surface area is 183 Å². The lowest BCUT2D eigenvalue weighted by Crippen LogP contribution is -2.18. The predicted octanol–water partition coefficient (Wildman–Crippen LogP) is 3.90. The largest absolute Gasteiger partial charge is 0.436 e. The van der Waals surface area contributed by atoms with E-state index in [1.54, 1.807) is 30.5 Å². The first-order valence-corrected chi connectivity index (χ1v) is 11.2. The number of nitrogens with one attached hydrogen (secondary N) is 2. The van der Waals surface area contributed by atoms with Gasteiger partial charge in [0.1, 0.15) is 11.4 Å². The molecule has 0 saturated carbocycles. The minimum absolute atomic E-state index is 0.0942. The lowest BCUT2D eigenvalue weighted by Gasteiger charge is -2.10.